The van der Waals surface area contributed by atoms with Crippen LogP contribution in [0.2, 0.25) is 0 Å². The number of hydrogen-bond donors (Lipinski definition) is 1. The summed E-state index contributed by atoms with van der Waals surface area (Å²) >= 11 is 0. The van der Waals surface area contributed by atoms with E-state index < -0.39 is 6.10 Å². The third-order valence-corrected chi connectivity index (χ3v) is 4.07. The number of rotatable bonds is 15. The fourth-order valence-corrected chi connectivity index (χ4v) is 2.67. The first-order valence-corrected chi connectivity index (χ1v) is 10.0. The lowest BCUT2D eigenvalue weighted by Crippen LogP contribution is -2.03. The van der Waals surface area contributed by atoms with Gasteiger partial charge in [0.2, 0.25) is 0 Å². The number of carbonyl (C=O) groups excluding carboxylic acids is 1. The van der Waals surface area contributed by atoms with Crippen molar-refractivity contribution < 1.29 is 14.6 Å². The fourth-order valence-electron chi connectivity index (χ4n) is 2.67. The van der Waals surface area contributed by atoms with Gasteiger partial charge in [0.05, 0.1) is 6.61 Å². The predicted molar refractivity (Wildman–Crippen MR) is 101 cm³/mol. The maximum absolute atomic E-state index is 11.2. The number of esters is 1. The molecule has 0 aromatic heterocycles. The van der Waals surface area contributed by atoms with Gasteiger partial charge in [-0.1, -0.05) is 70.6 Å². The Balaban J connectivity index is 3.19. The lowest BCUT2D eigenvalue weighted by molar-refractivity contribution is -0.143. The molecule has 0 saturated heterocycles. The largest absolute Gasteiger partial charge is 0.466 e. The Morgan fingerprint density at radius 2 is 1.46 bits per heavy atom. The summed E-state index contributed by atoms with van der Waals surface area (Å²) < 4.78 is 4.91. The van der Waals surface area contributed by atoms with Crippen LogP contribution in [0, 0.1) is 11.8 Å². The van der Waals surface area contributed by atoms with Crippen LogP contribution in [0.25, 0.3) is 0 Å². The summed E-state index contributed by atoms with van der Waals surface area (Å²) in [5.41, 5.74) is 0. The smallest absolute Gasteiger partial charge is 0.305 e. The minimum atomic E-state index is -0.424. The second kappa shape index (κ2) is 18.3. The third-order valence-electron chi connectivity index (χ3n) is 4.07. The van der Waals surface area contributed by atoms with Crippen LogP contribution in [0.4, 0.5) is 0 Å². The highest BCUT2D eigenvalue weighted by Gasteiger charge is 2.00. The van der Waals surface area contributed by atoms with E-state index in [1.165, 1.54) is 44.9 Å². The van der Waals surface area contributed by atoms with E-state index in [0.29, 0.717) is 13.0 Å². The van der Waals surface area contributed by atoms with Gasteiger partial charge < -0.3 is 9.84 Å². The summed E-state index contributed by atoms with van der Waals surface area (Å²) in [6, 6.07) is 0. The van der Waals surface area contributed by atoms with E-state index in [2.05, 4.69) is 18.8 Å². The van der Waals surface area contributed by atoms with Gasteiger partial charge in [0.15, 0.2) is 0 Å². The Hall–Kier alpha value is -1.01. The lowest BCUT2D eigenvalue weighted by atomic mass is 10.1. The Morgan fingerprint density at radius 3 is 2.00 bits per heavy atom. The summed E-state index contributed by atoms with van der Waals surface area (Å²) in [6.45, 7) is 4.41. The van der Waals surface area contributed by atoms with E-state index in [1.807, 2.05) is 6.92 Å². The standard InChI is InChI=1S/C21H38O3/c1-3-17-20(22)18-15-13-11-9-7-5-6-8-10-12-14-16-19-21(23)24-4-2/h20,22H,3-14,16-17,19H2,1-2H3. The maximum Gasteiger partial charge on any atom is 0.305 e. The fraction of sp³-hybridized carbons (Fsp3) is 0.857. The number of hydrogen-bond acceptors (Lipinski definition) is 3. The van der Waals surface area contributed by atoms with Crippen molar-refractivity contribution in [2.45, 2.75) is 110 Å². The maximum atomic E-state index is 11.2. The molecule has 0 rings (SSSR count). The zero-order valence-corrected chi connectivity index (χ0v) is 15.9. The van der Waals surface area contributed by atoms with Gasteiger partial charge in [0.25, 0.3) is 0 Å². The monoisotopic (exact) mass is 338 g/mol. The molecule has 140 valence electrons. The molecule has 1 unspecified atom stereocenters. The van der Waals surface area contributed by atoms with E-state index in [-0.39, 0.29) is 5.97 Å². The number of aliphatic hydroxyl groups excluding tert-OH is 1. The topological polar surface area (TPSA) is 46.5 Å². The van der Waals surface area contributed by atoms with Gasteiger partial charge in [-0.05, 0) is 26.2 Å². The summed E-state index contributed by atoms with van der Waals surface area (Å²) in [5.74, 6) is 5.94. The van der Waals surface area contributed by atoms with E-state index in [4.69, 9.17) is 4.74 Å². The molecular weight excluding hydrogens is 300 g/mol. The van der Waals surface area contributed by atoms with E-state index in [0.717, 1.165) is 38.5 Å². The average molecular weight is 339 g/mol. The van der Waals surface area contributed by atoms with Crippen molar-refractivity contribution in [1.82, 2.24) is 0 Å². The molecule has 24 heavy (non-hydrogen) atoms. The lowest BCUT2D eigenvalue weighted by Gasteiger charge is -2.03. The molecule has 0 fully saturated rings. The van der Waals surface area contributed by atoms with Crippen molar-refractivity contribution >= 4 is 5.97 Å². The quantitative estimate of drug-likeness (QED) is 0.247. The first-order chi connectivity index (χ1) is 11.7. The molecule has 0 aliphatic heterocycles. The van der Waals surface area contributed by atoms with E-state index in [9.17, 15) is 9.90 Å². The highest BCUT2D eigenvalue weighted by Crippen LogP contribution is 2.12. The SMILES string of the molecule is CCCC(O)C#CCCCCCCCCCCCCC(=O)OCC. The molecule has 0 aliphatic carbocycles. The van der Waals surface area contributed by atoms with Crippen molar-refractivity contribution in [1.29, 1.82) is 0 Å². The first-order valence-electron chi connectivity index (χ1n) is 10.0. The van der Waals surface area contributed by atoms with Gasteiger partial charge in [-0.2, -0.15) is 0 Å². The summed E-state index contributed by atoms with van der Waals surface area (Å²) in [5, 5.41) is 9.48. The minimum Gasteiger partial charge on any atom is -0.466 e. The van der Waals surface area contributed by atoms with Crippen LogP contribution < -0.4 is 0 Å². The van der Waals surface area contributed by atoms with Gasteiger partial charge >= 0.3 is 5.97 Å². The Bertz CT molecular complexity index is 341. The van der Waals surface area contributed by atoms with Gasteiger partial charge in [-0.15, -0.1) is 5.92 Å². The average Bonchev–Trinajstić information content (AvgIpc) is 2.55. The number of ether oxygens (including phenoxy) is 1. The molecule has 1 N–H and O–H groups in total. The van der Waals surface area contributed by atoms with Crippen molar-refractivity contribution in [3.05, 3.63) is 0 Å². The Morgan fingerprint density at radius 1 is 0.917 bits per heavy atom. The van der Waals surface area contributed by atoms with Crippen LogP contribution in [-0.2, 0) is 9.53 Å². The molecule has 0 bridgehead atoms. The molecule has 0 amide bonds. The van der Waals surface area contributed by atoms with E-state index >= 15 is 0 Å². The zero-order chi connectivity index (χ0) is 17.9. The molecule has 1 atom stereocenters. The van der Waals surface area contributed by atoms with Gasteiger partial charge in [0.1, 0.15) is 6.10 Å². The molecule has 3 heteroatoms. The summed E-state index contributed by atoms with van der Waals surface area (Å²) in [4.78, 5) is 11.2. The molecule has 0 saturated carbocycles. The van der Waals surface area contributed by atoms with Crippen LogP contribution in [0.5, 0.6) is 0 Å². The highest BCUT2D eigenvalue weighted by molar-refractivity contribution is 5.69. The van der Waals surface area contributed by atoms with Crippen LogP contribution >= 0.6 is 0 Å². The normalized spacial score (nSPS) is 11.6. The molecule has 0 heterocycles. The first kappa shape index (κ1) is 23.0. The van der Waals surface area contributed by atoms with Crippen molar-refractivity contribution in [3.8, 4) is 11.8 Å². The van der Waals surface area contributed by atoms with Gasteiger partial charge in [-0.25, -0.2) is 0 Å². The van der Waals surface area contributed by atoms with Crippen LogP contribution in [0.3, 0.4) is 0 Å². The number of carbonyl (C=O) groups is 1. The summed E-state index contributed by atoms with van der Waals surface area (Å²) in [7, 11) is 0. The number of aliphatic hydroxyl groups is 1. The molecule has 0 radical (unpaired) electrons. The summed E-state index contributed by atoms with van der Waals surface area (Å²) in [6.07, 6.45) is 15.1. The van der Waals surface area contributed by atoms with Gasteiger partial charge in [0, 0.05) is 12.8 Å². The Kier molecular flexibility index (Phi) is 17.6. The zero-order valence-electron chi connectivity index (χ0n) is 15.9. The second-order valence-electron chi connectivity index (χ2n) is 6.47. The minimum absolute atomic E-state index is 0.0536. The molecule has 3 nitrogen and oxygen atoms in total. The number of unbranched alkanes of at least 4 members (excludes halogenated alkanes) is 10. The molecule has 0 aromatic rings. The third kappa shape index (κ3) is 17.3. The molecular formula is C21H38O3. The van der Waals surface area contributed by atoms with Gasteiger partial charge in [-0.3, -0.25) is 4.79 Å². The Labute approximate surface area is 149 Å². The van der Waals surface area contributed by atoms with Crippen molar-refractivity contribution in [2.75, 3.05) is 6.61 Å². The van der Waals surface area contributed by atoms with Crippen LogP contribution in [0.15, 0.2) is 0 Å². The second-order valence-corrected chi connectivity index (χ2v) is 6.47. The molecule has 0 aromatic carbocycles. The molecule has 0 spiro atoms. The predicted octanol–water partition coefficient (Wildman–Crippen LogP) is 5.40. The van der Waals surface area contributed by atoms with Crippen molar-refractivity contribution in [2.24, 2.45) is 0 Å². The highest BCUT2D eigenvalue weighted by atomic mass is 16.5. The van der Waals surface area contributed by atoms with Crippen LogP contribution in [-0.4, -0.2) is 23.8 Å². The van der Waals surface area contributed by atoms with Crippen LogP contribution in [0.1, 0.15) is 104 Å². The van der Waals surface area contributed by atoms with E-state index in [1.54, 1.807) is 0 Å². The van der Waals surface area contributed by atoms with Crippen molar-refractivity contribution in [3.63, 3.8) is 0 Å². The molecule has 0 aliphatic rings.